The molecular weight excluding hydrogens is 234 g/mol. The van der Waals surface area contributed by atoms with E-state index in [1.54, 1.807) is 0 Å². The van der Waals surface area contributed by atoms with Crippen molar-refractivity contribution >= 4 is 0 Å². The molecule has 0 spiro atoms. The molecule has 2 fully saturated rings. The van der Waals surface area contributed by atoms with Gasteiger partial charge in [-0.3, -0.25) is 0 Å². The Morgan fingerprint density at radius 3 is 2.53 bits per heavy atom. The summed E-state index contributed by atoms with van der Waals surface area (Å²) in [6.07, 6.45) is 9.50. The maximum absolute atomic E-state index is 5.49. The lowest BCUT2D eigenvalue weighted by Gasteiger charge is -2.35. The van der Waals surface area contributed by atoms with Crippen LogP contribution in [0.1, 0.15) is 65.7 Å². The molecule has 0 aromatic heterocycles. The first-order valence-electron chi connectivity index (χ1n) is 8.40. The average Bonchev–Trinajstić information content (AvgIpc) is 2.63. The summed E-state index contributed by atoms with van der Waals surface area (Å²) in [6, 6.07) is 0.767. The SMILES string of the molecule is CC(C)C1CCCC(NCC2(C)CCOCC2)CC1. The molecular formula is C17H33NO. The summed E-state index contributed by atoms with van der Waals surface area (Å²) in [5, 5.41) is 3.88. The van der Waals surface area contributed by atoms with Gasteiger partial charge in [-0.25, -0.2) is 0 Å². The standard InChI is InChI=1S/C17H33NO/c1-14(2)15-5-4-6-16(8-7-15)18-13-17(3)9-11-19-12-10-17/h14-16,18H,4-13H2,1-3H3. The molecule has 0 amide bonds. The van der Waals surface area contributed by atoms with E-state index in [1.165, 1.54) is 51.5 Å². The van der Waals surface area contributed by atoms with Crippen molar-refractivity contribution < 1.29 is 4.74 Å². The number of ether oxygens (including phenoxy) is 1. The van der Waals surface area contributed by atoms with Crippen LogP contribution >= 0.6 is 0 Å². The van der Waals surface area contributed by atoms with Gasteiger partial charge in [-0.05, 0) is 49.4 Å². The van der Waals surface area contributed by atoms with Gasteiger partial charge in [0.15, 0.2) is 0 Å². The van der Waals surface area contributed by atoms with Gasteiger partial charge in [0, 0.05) is 25.8 Å². The highest BCUT2D eigenvalue weighted by Gasteiger charge is 2.28. The zero-order chi connectivity index (χ0) is 13.7. The molecule has 2 heteroatoms. The Kier molecular flexibility index (Phi) is 5.70. The van der Waals surface area contributed by atoms with E-state index in [2.05, 4.69) is 26.1 Å². The molecule has 0 aromatic rings. The molecule has 1 saturated heterocycles. The Morgan fingerprint density at radius 2 is 1.84 bits per heavy atom. The van der Waals surface area contributed by atoms with E-state index in [9.17, 15) is 0 Å². The van der Waals surface area contributed by atoms with Crippen LogP contribution in [-0.4, -0.2) is 25.8 Å². The monoisotopic (exact) mass is 267 g/mol. The highest BCUT2D eigenvalue weighted by Crippen LogP contribution is 2.31. The van der Waals surface area contributed by atoms with Crippen molar-refractivity contribution in [2.75, 3.05) is 19.8 Å². The van der Waals surface area contributed by atoms with Crippen molar-refractivity contribution in [3.63, 3.8) is 0 Å². The minimum absolute atomic E-state index is 0.474. The van der Waals surface area contributed by atoms with Crippen LogP contribution in [0.2, 0.25) is 0 Å². The third-order valence-electron chi connectivity index (χ3n) is 5.47. The van der Waals surface area contributed by atoms with Gasteiger partial charge < -0.3 is 10.1 Å². The van der Waals surface area contributed by atoms with Crippen LogP contribution in [0, 0.1) is 17.3 Å². The normalized spacial score (nSPS) is 32.2. The van der Waals surface area contributed by atoms with Crippen molar-refractivity contribution in [3.05, 3.63) is 0 Å². The largest absolute Gasteiger partial charge is 0.381 e. The zero-order valence-electron chi connectivity index (χ0n) is 13.2. The number of rotatable bonds is 4. The summed E-state index contributed by atoms with van der Waals surface area (Å²) in [5.74, 6) is 1.83. The minimum Gasteiger partial charge on any atom is -0.381 e. The molecule has 1 saturated carbocycles. The molecule has 1 aliphatic carbocycles. The summed E-state index contributed by atoms with van der Waals surface area (Å²) in [4.78, 5) is 0. The number of hydrogen-bond donors (Lipinski definition) is 1. The lowest BCUT2D eigenvalue weighted by atomic mass is 9.82. The van der Waals surface area contributed by atoms with Gasteiger partial charge in [0.1, 0.15) is 0 Å². The van der Waals surface area contributed by atoms with Crippen molar-refractivity contribution in [1.29, 1.82) is 0 Å². The molecule has 1 aliphatic heterocycles. The molecule has 2 atom stereocenters. The van der Waals surface area contributed by atoms with Crippen molar-refractivity contribution in [2.24, 2.45) is 17.3 Å². The van der Waals surface area contributed by atoms with E-state index < -0.39 is 0 Å². The van der Waals surface area contributed by atoms with Crippen molar-refractivity contribution in [1.82, 2.24) is 5.32 Å². The second kappa shape index (κ2) is 7.08. The van der Waals surface area contributed by atoms with Crippen molar-refractivity contribution in [3.8, 4) is 0 Å². The Bertz CT molecular complexity index is 258. The van der Waals surface area contributed by atoms with Gasteiger partial charge in [0.2, 0.25) is 0 Å². The van der Waals surface area contributed by atoms with Crippen LogP contribution in [0.15, 0.2) is 0 Å². The van der Waals surface area contributed by atoms with E-state index in [0.29, 0.717) is 5.41 Å². The quantitative estimate of drug-likeness (QED) is 0.777. The van der Waals surface area contributed by atoms with Gasteiger partial charge in [0.05, 0.1) is 0 Å². The van der Waals surface area contributed by atoms with Crippen LogP contribution < -0.4 is 5.32 Å². The fourth-order valence-corrected chi connectivity index (χ4v) is 3.63. The lowest BCUT2D eigenvalue weighted by Crippen LogP contribution is -2.41. The maximum atomic E-state index is 5.49. The molecule has 2 unspecified atom stereocenters. The summed E-state index contributed by atoms with van der Waals surface area (Å²) in [7, 11) is 0. The summed E-state index contributed by atoms with van der Waals surface area (Å²) >= 11 is 0. The van der Waals surface area contributed by atoms with E-state index in [0.717, 1.165) is 31.1 Å². The number of nitrogens with one attached hydrogen (secondary N) is 1. The molecule has 0 aromatic carbocycles. The maximum Gasteiger partial charge on any atom is 0.0471 e. The van der Waals surface area contributed by atoms with Gasteiger partial charge in [-0.2, -0.15) is 0 Å². The zero-order valence-corrected chi connectivity index (χ0v) is 13.2. The van der Waals surface area contributed by atoms with Crippen LogP contribution in [0.25, 0.3) is 0 Å². The lowest BCUT2D eigenvalue weighted by molar-refractivity contribution is 0.0226. The van der Waals surface area contributed by atoms with Crippen molar-refractivity contribution in [2.45, 2.75) is 71.8 Å². The predicted molar refractivity (Wildman–Crippen MR) is 81.4 cm³/mol. The fraction of sp³-hybridized carbons (Fsp3) is 1.00. The smallest absolute Gasteiger partial charge is 0.0471 e. The van der Waals surface area contributed by atoms with Gasteiger partial charge in [0.25, 0.3) is 0 Å². The Labute approximate surface area is 119 Å². The first kappa shape index (κ1) is 15.3. The summed E-state index contributed by atoms with van der Waals surface area (Å²) < 4.78 is 5.49. The van der Waals surface area contributed by atoms with Gasteiger partial charge in [-0.1, -0.05) is 33.6 Å². The number of hydrogen-bond acceptors (Lipinski definition) is 2. The first-order chi connectivity index (χ1) is 9.09. The predicted octanol–water partition coefficient (Wildman–Crippen LogP) is 4.00. The van der Waals surface area contributed by atoms with E-state index >= 15 is 0 Å². The highest BCUT2D eigenvalue weighted by molar-refractivity contribution is 4.83. The van der Waals surface area contributed by atoms with Crippen LogP contribution in [0.3, 0.4) is 0 Å². The van der Waals surface area contributed by atoms with Gasteiger partial charge >= 0.3 is 0 Å². The van der Waals surface area contributed by atoms with Gasteiger partial charge in [-0.15, -0.1) is 0 Å². The van der Waals surface area contributed by atoms with Crippen LogP contribution in [-0.2, 0) is 4.74 Å². The van der Waals surface area contributed by atoms with E-state index in [1.807, 2.05) is 0 Å². The fourth-order valence-electron chi connectivity index (χ4n) is 3.63. The van der Waals surface area contributed by atoms with E-state index in [-0.39, 0.29) is 0 Å². The molecule has 0 bridgehead atoms. The summed E-state index contributed by atoms with van der Waals surface area (Å²) in [5.41, 5.74) is 0.474. The second-order valence-corrected chi connectivity index (χ2v) is 7.51. The van der Waals surface area contributed by atoms with Crippen LogP contribution in [0.4, 0.5) is 0 Å². The minimum atomic E-state index is 0.474. The second-order valence-electron chi connectivity index (χ2n) is 7.51. The average molecular weight is 267 g/mol. The molecule has 19 heavy (non-hydrogen) atoms. The first-order valence-corrected chi connectivity index (χ1v) is 8.40. The van der Waals surface area contributed by atoms with Crippen LogP contribution in [0.5, 0.6) is 0 Å². The highest BCUT2D eigenvalue weighted by atomic mass is 16.5. The molecule has 2 aliphatic rings. The molecule has 0 radical (unpaired) electrons. The third kappa shape index (κ3) is 4.75. The summed E-state index contributed by atoms with van der Waals surface area (Å²) in [6.45, 7) is 10.3. The molecule has 2 nitrogen and oxygen atoms in total. The molecule has 2 rings (SSSR count). The Balaban J connectivity index is 1.73. The Hall–Kier alpha value is -0.0800. The Morgan fingerprint density at radius 1 is 1.11 bits per heavy atom. The third-order valence-corrected chi connectivity index (χ3v) is 5.47. The topological polar surface area (TPSA) is 21.3 Å². The molecule has 112 valence electrons. The molecule has 1 N–H and O–H groups in total. The molecule has 1 heterocycles. The van der Waals surface area contributed by atoms with E-state index in [4.69, 9.17) is 4.74 Å².